The number of carbonyl (C=O) groups is 1. The van der Waals surface area contributed by atoms with Gasteiger partial charge in [0.05, 0.1) is 19.4 Å². The molecule has 0 N–H and O–H groups in total. The molecule has 0 aliphatic carbocycles. The van der Waals surface area contributed by atoms with E-state index in [-0.39, 0.29) is 5.91 Å². The van der Waals surface area contributed by atoms with E-state index in [9.17, 15) is 4.79 Å². The average molecular weight is 398 g/mol. The lowest BCUT2D eigenvalue weighted by atomic mass is 10.3. The highest BCUT2D eigenvalue weighted by molar-refractivity contribution is 7.09. The first kappa shape index (κ1) is 18.6. The molecule has 0 spiro atoms. The van der Waals surface area contributed by atoms with Crippen LogP contribution in [0.5, 0.6) is 0 Å². The summed E-state index contributed by atoms with van der Waals surface area (Å²) in [5.41, 5.74) is 0. The number of amides is 1. The van der Waals surface area contributed by atoms with Gasteiger partial charge in [0, 0.05) is 50.0 Å². The Morgan fingerprint density at radius 1 is 1.07 bits per heavy atom. The topological polar surface area (TPSA) is 65.7 Å². The van der Waals surface area contributed by atoms with Crippen LogP contribution in [0.2, 0.25) is 0 Å². The second-order valence-corrected chi connectivity index (χ2v) is 7.75. The van der Waals surface area contributed by atoms with Gasteiger partial charge in [0.2, 0.25) is 11.9 Å². The zero-order valence-electron chi connectivity index (χ0n) is 15.6. The Morgan fingerprint density at radius 2 is 1.89 bits per heavy atom. The molecule has 7 nitrogen and oxygen atoms in total. The van der Waals surface area contributed by atoms with Crippen LogP contribution in [0.25, 0.3) is 0 Å². The van der Waals surface area contributed by atoms with Crippen LogP contribution in [0.1, 0.15) is 10.6 Å². The number of furan rings is 1. The van der Waals surface area contributed by atoms with Gasteiger partial charge in [-0.2, -0.15) is 0 Å². The monoisotopic (exact) mass is 397 g/mol. The molecule has 4 heterocycles. The molecule has 1 aliphatic rings. The van der Waals surface area contributed by atoms with Crippen molar-refractivity contribution in [2.75, 3.05) is 37.6 Å². The molecule has 8 heteroatoms. The number of carbonyl (C=O) groups excluding carboxylic acids is 1. The first-order valence-electron chi connectivity index (χ1n) is 9.35. The summed E-state index contributed by atoms with van der Waals surface area (Å²) in [7, 11) is 0. The predicted octanol–water partition coefficient (Wildman–Crippen LogP) is 2.48. The molecule has 1 saturated heterocycles. The summed E-state index contributed by atoms with van der Waals surface area (Å²) in [6.45, 7) is 4.60. The minimum absolute atomic E-state index is 0.150. The van der Waals surface area contributed by atoms with Gasteiger partial charge in [-0.15, -0.1) is 11.3 Å². The molecule has 1 aliphatic heterocycles. The quantitative estimate of drug-likeness (QED) is 0.610. The van der Waals surface area contributed by atoms with Crippen molar-refractivity contribution in [3.63, 3.8) is 0 Å². The largest absolute Gasteiger partial charge is 0.468 e. The Labute approximate surface area is 168 Å². The van der Waals surface area contributed by atoms with E-state index in [2.05, 4.69) is 31.2 Å². The Morgan fingerprint density at radius 3 is 2.57 bits per heavy atom. The van der Waals surface area contributed by atoms with E-state index >= 15 is 0 Å². The fraction of sp³-hybridized carbons (Fsp3) is 0.350. The lowest BCUT2D eigenvalue weighted by Crippen LogP contribution is -2.51. The molecule has 28 heavy (non-hydrogen) atoms. The number of rotatable bonds is 7. The molecule has 0 atom stereocenters. The van der Waals surface area contributed by atoms with Crippen LogP contribution in [0.4, 0.5) is 5.95 Å². The molecule has 1 fully saturated rings. The van der Waals surface area contributed by atoms with Crippen molar-refractivity contribution in [1.82, 2.24) is 19.8 Å². The first-order chi connectivity index (χ1) is 13.8. The molecule has 1 amide bonds. The number of piperazine rings is 1. The Bertz CT molecular complexity index is 810. The smallest absolute Gasteiger partial charge is 0.236 e. The van der Waals surface area contributed by atoms with Gasteiger partial charge in [0.15, 0.2) is 0 Å². The summed E-state index contributed by atoms with van der Waals surface area (Å²) in [6.07, 6.45) is 5.17. The third kappa shape index (κ3) is 4.76. The van der Waals surface area contributed by atoms with Gasteiger partial charge in [0.1, 0.15) is 5.76 Å². The maximum Gasteiger partial charge on any atom is 0.236 e. The molecule has 0 unspecified atom stereocenters. The number of thiophene rings is 1. The van der Waals surface area contributed by atoms with Crippen LogP contribution < -0.4 is 4.90 Å². The van der Waals surface area contributed by atoms with Crippen LogP contribution in [-0.4, -0.2) is 58.4 Å². The fourth-order valence-corrected chi connectivity index (χ4v) is 4.06. The molecule has 0 bridgehead atoms. The first-order valence-corrected chi connectivity index (χ1v) is 10.2. The zero-order valence-corrected chi connectivity index (χ0v) is 16.4. The number of anilines is 1. The van der Waals surface area contributed by atoms with Gasteiger partial charge in [0.25, 0.3) is 0 Å². The van der Waals surface area contributed by atoms with Crippen molar-refractivity contribution in [2.24, 2.45) is 0 Å². The molecule has 0 radical (unpaired) electrons. The second kappa shape index (κ2) is 8.99. The van der Waals surface area contributed by atoms with Crippen LogP contribution in [0.15, 0.2) is 58.8 Å². The molecule has 3 aromatic heterocycles. The molecule has 3 aromatic rings. The van der Waals surface area contributed by atoms with Crippen LogP contribution >= 0.6 is 11.3 Å². The number of hydrogen-bond acceptors (Lipinski definition) is 7. The molecular formula is C20H23N5O2S. The Hall–Kier alpha value is -2.71. The molecule has 4 rings (SSSR count). The highest BCUT2D eigenvalue weighted by Gasteiger charge is 2.24. The normalized spacial score (nSPS) is 14.6. The maximum absolute atomic E-state index is 12.9. The van der Waals surface area contributed by atoms with E-state index in [1.165, 1.54) is 4.88 Å². The van der Waals surface area contributed by atoms with Crippen LogP contribution in [-0.2, 0) is 17.9 Å². The second-order valence-electron chi connectivity index (χ2n) is 6.72. The predicted molar refractivity (Wildman–Crippen MR) is 108 cm³/mol. The van der Waals surface area contributed by atoms with Gasteiger partial charge in [-0.1, -0.05) is 6.07 Å². The summed E-state index contributed by atoms with van der Waals surface area (Å²) in [5, 5.41) is 2.06. The molecular weight excluding hydrogens is 374 g/mol. The fourth-order valence-electron chi connectivity index (χ4n) is 3.32. The van der Waals surface area contributed by atoms with Crippen LogP contribution in [0.3, 0.4) is 0 Å². The van der Waals surface area contributed by atoms with Crippen molar-refractivity contribution in [3.05, 3.63) is 65.0 Å². The zero-order chi connectivity index (χ0) is 19.2. The summed E-state index contributed by atoms with van der Waals surface area (Å²) >= 11 is 1.71. The van der Waals surface area contributed by atoms with Gasteiger partial charge in [-0.05, 0) is 29.6 Å². The third-order valence-electron chi connectivity index (χ3n) is 4.75. The summed E-state index contributed by atoms with van der Waals surface area (Å²) in [5.74, 6) is 1.75. The van der Waals surface area contributed by atoms with E-state index in [0.717, 1.165) is 31.3 Å². The van der Waals surface area contributed by atoms with Crippen molar-refractivity contribution >= 4 is 23.2 Å². The summed E-state index contributed by atoms with van der Waals surface area (Å²) in [6, 6.07) is 9.78. The Kier molecular flexibility index (Phi) is 5.98. The maximum atomic E-state index is 12.9. The average Bonchev–Trinajstić information content (AvgIpc) is 3.43. The highest BCUT2D eigenvalue weighted by Crippen LogP contribution is 2.16. The number of aromatic nitrogens is 2. The van der Waals surface area contributed by atoms with Crippen molar-refractivity contribution in [3.8, 4) is 0 Å². The Balaban J connectivity index is 1.34. The van der Waals surface area contributed by atoms with Gasteiger partial charge in [-0.3, -0.25) is 9.69 Å². The van der Waals surface area contributed by atoms with E-state index in [4.69, 9.17) is 4.42 Å². The van der Waals surface area contributed by atoms with Gasteiger partial charge < -0.3 is 14.2 Å². The number of nitrogens with zero attached hydrogens (tertiary/aromatic N) is 5. The van der Waals surface area contributed by atoms with Gasteiger partial charge >= 0.3 is 0 Å². The third-order valence-corrected chi connectivity index (χ3v) is 5.61. The molecule has 0 aromatic carbocycles. The van der Waals surface area contributed by atoms with E-state index in [1.54, 1.807) is 30.0 Å². The van der Waals surface area contributed by atoms with Crippen molar-refractivity contribution < 1.29 is 9.21 Å². The highest BCUT2D eigenvalue weighted by atomic mass is 32.1. The van der Waals surface area contributed by atoms with E-state index < -0.39 is 0 Å². The lowest BCUT2D eigenvalue weighted by Gasteiger charge is -2.35. The molecule has 0 saturated carbocycles. The van der Waals surface area contributed by atoms with E-state index in [1.807, 2.05) is 29.2 Å². The number of hydrogen-bond donors (Lipinski definition) is 0. The van der Waals surface area contributed by atoms with Crippen molar-refractivity contribution in [1.29, 1.82) is 0 Å². The lowest BCUT2D eigenvalue weighted by molar-refractivity contribution is -0.133. The van der Waals surface area contributed by atoms with Gasteiger partial charge in [-0.25, -0.2) is 9.97 Å². The summed E-state index contributed by atoms with van der Waals surface area (Å²) < 4.78 is 5.49. The van der Waals surface area contributed by atoms with Crippen LogP contribution in [0, 0.1) is 0 Å². The minimum atomic E-state index is 0.150. The SMILES string of the molecule is O=C(CN(Cc1ccco1)Cc1cccs1)N1CCN(c2ncccn2)CC1. The summed E-state index contributed by atoms with van der Waals surface area (Å²) in [4.78, 5) is 28.9. The standard InChI is InChI=1S/C20H23N5O2S/c26-19(24-8-10-25(11-9-24)20-21-6-3-7-22-20)16-23(14-17-4-1-12-27-17)15-18-5-2-13-28-18/h1-7,12-13H,8-11,14-16H2. The molecule has 146 valence electrons. The van der Waals surface area contributed by atoms with Crippen molar-refractivity contribution in [2.45, 2.75) is 13.1 Å². The van der Waals surface area contributed by atoms with E-state index in [0.29, 0.717) is 26.2 Å². The minimum Gasteiger partial charge on any atom is -0.468 e.